The molecule has 1 saturated heterocycles. The van der Waals surface area contributed by atoms with Crippen molar-refractivity contribution in [3.05, 3.63) is 59.5 Å². The van der Waals surface area contributed by atoms with Gasteiger partial charge in [-0.05, 0) is 50.7 Å². The van der Waals surface area contributed by atoms with Gasteiger partial charge in [0.15, 0.2) is 5.82 Å². The van der Waals surface area contributed by atoms with Crippen LogP contribution in [0.5, 0.6) is 0 Å². The lowest BCUT2D eigenvalue weighted by Crippen LogP contribution is -2.40. The van der Waals surface area contributed by atoms with Crippen LogP contribution < -0.4 is 0 Å². The molecule has 150 valence electrons. The number of carbonyl (C=O) groups excluding carboxylic acids is 1. The largest absolute Gasteiger partial charge is 0.339 e. The van der Waals surface area contributed by atoms with Gasteiger partial charge in [-0.25, -0.2) is 4.68 Å². The van der Waals surface area contributed by atoms with Crippen molar-refractivity contribution in [3.63, 3.8) is 0 Å². The number of hydrogen-bond donors (Lipinski definition) is 0. The summed E-state index contributed by atoms with van der Waals surface area (Å²) in [4.78, 5) is 19.7. The Labute approximate surface area is 169 Å². The van der Waals surface area contributed by atoms with Crippen LogP contribution in [0.4, 0.5) is 0 Å². The van der Waals surface area contributed by atoms with Gasteiger partial charge in [0.1, 0.15) is 0 Å². The van der Waals surface area contributed by atoms with Crippen LogP contribution in [0.2, 0.25) is 0 Å². The monoisotopic (exact) mass is 391 g/mol. The van der Waals surface area contributed by atoms with Crippen molar-refractivity contribution in [2.24, 2.45) is 5.92 Å². The Morgan fingerprint density at radius 1 is 1.21 bits per heavy atom. The Bertz CT molecular complexity index is 1010. The maximum absolute atomic E-state index is 13.2. The van der Waals surface area contributed by atoms with Gasteiger partial charge in [-0.2, -0.15) is 10.1 Å². The van der Waals surface area contributed by atoms with E-state index in [1.165, 1.54) is 12.8 Å². The number of rotatable bonds is 5. The fourth-order valence-electron chi connectivity index (χ4n) is 4.14. The molecule has 2 fully saturated rings. The van der Waals surface area contributed by atoms with E-state index in [-0.39, 0.29) is 5.91 Å². The molecule has 1 aliphatic carbocycles. The van der Waals surface area contributed by atoms with E-state index >= 15 is 0 Å². The Hall–Kier alpha value is -2.96. The van der Waals surface area contributed by atoms with E-state index in [0.717, 1.165) is 49.6 Å². The Morgan fingerprint density at radius 3 is 2.83 bits per heavy atom. The average molecular weight is 391 g/mol. The first-order valence-electron chi connectivity index (χ1n) is 10.4. The summed E-state index contributed by atoms with van der Waals surface area (Å²) in [5.41, 5.74) is 2.50. The summed E-state index contributed by atoms with van der Waals surface area (Å²) in [6, 6.07) is 9.90. The third-order valence-corrected chi connectivity index (χ3v) is 5.94. The molecule has 2 aromatic heterocycles. The first-order chi connectivity index (χ1) is 14.2. The average Bonchev–Trinajstić information content (AvgIpc) is 3.38. The van der Waals surface area contributed by atoms with Crippen LogP contribution in [0.1, 0.15) is 59.4 Å². The summed E-state index contributed by atoms with van der Waals surface area (Å²) in [6.07, 6.45) is 6.83. The van der Waals surface area contributed by atoms with Crippen LogP contribution in [0.25, 0.3) is 5.69 Å². The smallest absolute Gasteiger partial charge is 0.257 e. The standard InChI is InChI=1S/C22H25N5O2/c1-15-19(13-23-27(15)18-7-3-2-4-8-18)22(28)26-11-5-6-16(14-26)12-20-24-21(25-29-20)17-9-10-17/h2-4,7-8,13,16-17H,5-6,9-12,14H2,1H3. The number of nitrogens with zero attached hydrogens (tertiary/aromatic N) is 5. The van der Waals surface area contributed by atoms with Gasteiger partial charge < -0.3 is 9.42 Å². The second kappa shape index (κ2) is 7.46. The zero-order valence-electron chi connectivity index (χ0n) is 16.6. The number of carbonyl (C=O) groups is 1. The van der Waals surface area contributed by atoms with Crippen LogP contribution >= 0.6 is 0 Å². The van der Waals surface area contributed by atoms with Crippen molar-refractivity contribution in [1.29, 1.82) is 0 Å². The van der Waals surface area contributed by atoms with Crippen molar-refractivity contribution in [2.45, 2.75) is 44.9 Å². The summed E-state index contributed by atoms with van der Waals surface area (Å²) in [5, 5.41) is 8.56. The second-order valence-electron chi connectivity index (χ2n) is 8.18. The van der Waals surface area contributed by atoms with Gasteiger partial charge in [0.2, 0.25) is 5.89 Å². The summed E-state index contributed by atoms with van der Waals surface area (Å²) >= 11 is 0. The fraction of sp³-hybridized carbons (Fsp3) is 0.455. The van der Waals surface area contributed by atoms with Gasteiger partial charge in [0.05, 0.1) is 23.1 Å². The molecule has 7 nitrogen and oxygen atoms in total. The molecule has 2 aliphatic rings. The summed E-state index contributed by atoms with van der Waals surface area (Å²) in [6.45, 7) is 3.45. The van der Waals surface area contributed by atoms with E-state index in [1.54, 1.807) is 6.20 Å². The van der Waals surface area contributed by atoms with Crippen LogP contribution in [0.3, 0.4) is 0 Å². The number of benzene rings is 1. The molecular weight excluding hydrogens is 366 g/mol. The second-order valence-corrected chi connectivity index (χ2v) is 8.18. The first-order valence-corrected chi connectivity index (χ1v) is 10.4. The fourth-order valence-corrected chi connectivity index (χ4v) is 4.14. The van der Waals surface area contributed by atoms with E-state index in [4.69, 9.17) is 4.52 Å². The van der Waals surface area contributed by atoms with E-state index in [1.807, 2.05) is 46.8 Å². The van der Waals surface area contributed by atoms with Crippen molar-refractivity contribution in [1.82, 2.24) is 24.8 Å². The summed E-state index contributed by atoms with van der Waals surface area (Å²) < 4.78 is 7.27. The molecule has 29 heavy (non-hydrogen) atoms. The van der Waals surface area contributed by atoms with Crippen molar-refractivity contribution in [3.8, 4) is 5.69 Å². The molecule has 0 bridgehead atoms. The normalized spacial score (nSPS) is 19.5. The van der Waals surface area contributed by atoms with Crippen LogP contribution in [0, 0.1) is 12.8 Å². The molecule has 1 atom stereocenters. The highest BCUT2D eigenvalue weighted by Gasteiger charge is 2.31. The van der Waals surface area contributed by atoms with E-state index < -0.39 is 0 Å². The molecule has 1 aromatic carbocycles. The van der Waals surface area contributed by atoms with Gasteiger partial charge in [-0.3, -0.25) is 4.79 Å². The number of likely N-dealkylation sites (tertiary alicyclic amines) is 1. The van der Waals surface area contributed by atoms with Gasteiger partial charge in [0.25, 0.3) is 5.91 Å². The third-order valence-electron chi connectivity index (χ3n) is 5.94. The molecule has 0 spiro atoms. The molecule has 1 saturated carbocycles. The molecule has 1 aliphatic heterocycles. The van der Waals surface area contributed by atoms with E-state index in [9.17, 15) is 4.79 Å². The summed E-state index contributed by atoms with van der Waals surface area (Å²) in [5.74, 6) is 2.47. The van der Waals surface area contributed by atoms with Crippen LogP contribution in [0.15, 0.2) is 41.1 Å². The number of piperidine rings is 1. The SMILES string of the molecule is Cc1c(C(=O)N2CCCC(Cc3nc(C4CC4)no3)C2)cnn1-c1ccccc1. The van der Waals surface area contributed by atoms with Crippen LogP contribution in [-0.4, -0.2) is 43.8 Å². The third kappa shape index (κ3) is 3.69. The minimum absolute atomic E-state index is 0.0542. The molecule has 0 radical (unpaired) electrons. The maximum atomic E-state index is 13.2. The molecule has 3 aromatic rings. The molecule has 7 heteroatoms. The Balaban J connectivity index is 1.28. The number of aromatic nitrogens is 4. The highest BCUT2D eigenvalue weighted by atomic mass is 16.5. The lowest BCUT2D eigenvalue weighted by Gasteiger charge is -2.32. The summed E-state index contributed by atoms with van der Waals surface area (Å²) in [7, 11) is 0. The molecule has 3 heterocycles. The predicted octanol–water partition coefficient (Wildman–Crippen LogP) is 3.54. The molecule has 1 unspecified atom stereocenters. The van der Waals surface area contributed by atoms with E-state index in [2.05, 4.69) is 15.2 Å². The molecule has 5 rings (SSSR count). The van der Waals surface area contributed by atoms with Gasteiger partial charge in [-0.1, -0.05) is 23.4 Å². The maximum Gasteiger partial charge on any atom is 0.257 e. The van der Waals surface area contributed by atoms with Crippen molar-refractivity contribution < 1.29 is 9.32 Å². The lowest BCUT2D eigenvalue weighted by atomic mass is 9.94. The highest BCUT2D eigenvalue weighted by molar-refractivity contribution is 5.95. The molecular formula is C22H25N5O2. The van der Waals surface area contributed by atoms with Gasteiger partial charge in [0, 0.05) is 25.4 Å². The zero-order chi connectivity index (χ0) is 19.8. The molecule has 1 amide bonds. The van der Waals surface area contributed by atoms with Crippen molar-refractivity contribution >= 4 is 5.91 Å². The lowest BCUT2D eigenvalue weighted by molar-refractivity contribution is 0.0667. The topological polar surface area (TPSA) is 77.1 Å². The van der Waals surface area contributed by atoms with E-state index in [0.29, 0.717) is 23.3 Å². The quantitative estimate of drug-likeness (QED) is 0.665. The molecule has 0 N–H and O–H groups in total. The zero-order valence-corrected chi connectivity index (χ0v) is 16.6. The van der Waals surface area contributed by atoms with Gasteiger partial charge in [-0.15, -0.1) is 0 Å². The first kappa shape index (κ1) is 18.1. The predicted molar refractivity (Wildman–Crippen MR) is 107 cm³/mol. The number of hydrogen-bond acceptors (Lipinski definition) is 5. The number of amides is 1. The van der Waals surface area contributed by atoms with Gasteiger partial charge >= 0.3 is 0 Å². The minimum atomic E-state index is 0.0542. The Morgan fingerprint density at radius 2 is 2.03 bits per heavy atom. The minimum Gasteiger partial charge on any atom is -0.339 e. The van der Waals surface area contributed by atoms with Crippen molar-refractivity contribution in [2.75, 3.05) is 13.1 Å². The Kier molecular flexibility index (Phi) is 4.66. The van der Waals surface area contributed by atoms with Crippen LogP contribution in [-0.2, 0) is 6.42 Å². The number of para-hydroxylation sites is 1. The highest BCUT2D eigenvalue weighted by Crippen LogP contribution is 2.38.